The second-order valence-corrected chi connectivity index (χ2v) is 5.39. The van der Waals surface area contributed by atoms with Gasteiger partial charge in [-0.1, -0.05) is 30.3 Å². The van der Waals surface area contributed by atoms with E-state index in [-0.39, 0.29) is 5.91 Å². The summed E-state index contributed by atoms with van der Waals surface area (Å²) >= 11 is 0. The van der Waals surface area contributed by atoms with Crippen LogP contribution in [0, 0.1) is 0 Å². The largest absolute Gasteiger partial charge is 0.388 e. The lowest BCUT2D eigenvalue weighted by molar-refractivity contribution is 0.0755. The first kappa shape index (κ1) is 15.2. The molecule has 0 saturated carbocycles. The molecule has 1 N–H and O–H groups in total. The summed E-state index contributed by atoms with van der Waals surface area (Å²) in [6.07, 6.45) is 3.29. The molecule has 0 aliphatic rings. The lowest BCUT2D eigenvalue weighted by atomic mass is 10.1. The molecule has 0 aliphatic carbocycles. The number of rotatable bonds is 5. The normalized spacial score (nSPS) is 12.3. The van der Waals surface area contributed by atoms with Crippen LogP contribution >= 0.6 is 0 Å². The summed E-state index contributed by atoms with van der Waals surface area (Å²) < 4.78 is 1.57. The van der Waals surface area contributed by atoms with Gasteiger partial charge in [0.1, 0.15) is 0 Å². The Kier molecular flexibility index (Phi) is 4.34. The van der Waals surface area contributed by atoms with Gasteiger partial charge in [0.2, 0.25) is 0 Å². The minimum Gasteiger partial charge on any atom is -0.388 e. The highest BCUT2D eigenvalue weighted by Crippen LogP contribution is 2.16. The molecule has 1 unspecified atom stereocenters. The molecule has 23 heavy (non-hydrogen) atoms. The maximum absolute atomic E-state index is 12.4. The first-order chi connectivity index (χ1) is 11.1. The molecular weight excluding hydrogens is 292 g/mol. The molecule has 3 rings (SSSR count). The average Bonchev–Trinajstić information content (AvgIpc) is 3.03. The second kappa shape index (κ2) is 6.58. The van der Waals surface area contributed by atoms with Crippen molar-refractivity contribution in [3.05, 3.63) is 66.1 Å². The molecule has 6 nitrogen and oxygen atoms in total. The zero-order valence-corrected chi connectivity index (χ0v) is 12.8. The van der Waals surface area contributed by atoms with Gasteiger partial charge >= 0.3 is 0 Å². The van der Waals surface area contributed by atoms with Crippen LogP contribution in [0.4, 0.5) is 0 Å². The molecule has 0 radical (unpaired) electrons. The van der Waals surface area contributed by atoms with E-state index in [1.165, 1.54) is 0 Å². The number of aliphatic hydroxyl groups is 1. The highest BCUT2D eigenvalue weighted by Gasteiger charge is 2.17. The molecule has 1 aromatic carbocycles. The smallest absolute Gasteiger partial charge is 0.274 e. The Morgan fingerprint density at radius 3 is 2.83 bits per heavy atom. The average molecular weight is 310 g/mol. The second-order valence-electron chi connectivity index (χ2n) is 5.39. The lowest BCUT2D eigenvalue weighted by Crippen LogP contribution is -2.29. The Morgan fingerprint density at radius 2 is 2.09 bits per heavy atom. The molecule has 3 aromatic rings. The van der Waals surface area contributed by atoms with Gasteiger partial charge in [0.25, 0.3) is 5.91 Å². The molecule has 2 aromatic heterocycles. The third-order valence-corrected chi connectivity index (χ3v) is 3.72. The van der Waals surface area contributed by atoms with E-state index in [0.29, 0.717) is 24.3 Å². The maximum atomic E-state index is 12.4. The monoisotopic (exact) mass is 310 g/mol. The van der Waals surface area contributed by atoms with Crippen molar-refractivity contribution in [1.29, 1.82) is 0 Å². The standard InChI is InChI=1S/C17H18N4O2/c1-20(11-8-15(22)13-6-3-2-4-7-13)17(23)14-12-16-18-9-5-10-21(16)19-14/h2-7,9-10,12,15,22H,8,11H2,1H3. The highest BCUT2D eigenvalue weighted by atomic mass is 16.3. The number of hydrogen-bond acceptors (Lipinski definition) is 4. The van der Waals surface area contributed by atoms with Gasteiger partial charge in [0.15, 0.2) is 11.3 Å². The third-order valence-electron chi connectivity index (χ3n) is 3.72. The van der Waals surface area contributed by atoms with E-state index in [4.69, 9.17) is 0 Å². The van der Waals surface area contributed by atoms with Crippen molar-refractivity contribution in [2.24, 2.45) is 0 Å². The van der Waals surface area contributed by atoms with E-state index in [1.807, 2.05) is 30.3 Å². The first-order valence-electron chi connectivity index (χ1n) is 7.44. The Bertz CT molecular complexity index is 767. The molecule has 1 amide bonds. The molecule has 118 valence electrons. The summed E-state index contributed by atoms with van der Waals surface area (Å²) in [6, 6.07) is 12.8. The minimum atomic E-state index is -0.589. The van der Waals surface area contributed by atoms with E-state index in [9.17, 15) is 9.90 Å². The maximum Gasteiger partial charge on any atom is 0.274 e. The van der Waals surface area contributed by atoms with E-state index >= 15 is 0 Å². The molecule has 0 saturated heterocycles. The van der Waals surface area contributed by atoms with Crippen LogP contribution in [0.3, 0.4) is 0 Å². The van der Waals surface area contributed by atoms with Gasteiger partial charge in [-0.25, -0.2) is 9.50 Å². The summed E-state index contributed by atoms with van der Waals surface area (Å²) in [5, 5.41) is 14.4. The SMILES string of the molecule is CN(CCC(O)c1ccccc1)C(=O)c1cc2ncccn2n1. The molecule has 1 atom stereocenters. The van der Waals surface area contributed by atoms with Gasteiger partial charge in [-0.3, -0.25) is 4.79 Å². The molecule has 6 heteroatoms. The molecule has 0 bridgehead atoms. The Hall–Kier alpha value is -2.73. The van der Waals surface area contributed by atoms with Crippen LogP contribution in [0.2, 0.25) is 0 Å². The highest BCUT2D eigenvalue weighted by molar-refractivity contribution is 5.93. The fourth-order valence-electron chi connectivity index (χ4n) is 2.39. The number of fused-ring (bicyclic) bond motifs is 1. The molecule has 0 fully saturated rings. The first-order valence-corrected chi connectivity index (χ1v) is 7.44. The van der Waals surface area contributed by atoms with Gasteiger partial charge in [0.05, 0.1) is 6.10 Å². The van der Waals surface area contributed by atoms with Gasteiger partial charge in [-0.15, -0.1) is 0 Å². The van der Waals surface area contributed by atoms with Crippen LogP contribution < -0.4 is 0 Å². The van der Waals surface area contributed by atoms with Crippen molar-refractivity contribution in [2.45, 2.75) is 12.5 Å². The van der Waals surface area contributed by atoms with Crippen LogP contribution in [-0.2, 0) is 0 Å². The fourth-order valence-corrected chi connectivity index (χ4v) is 2.39. The zero-order chi connectivity index (χ0) is 16.2. The topological polar surface area (TPSA) is 70.7 Å². The van der Waals surface area contributed by atoms with Crippen LogP contribution in [-0.4, -0.2) is 44.1 Å². The van der Waals surface area contributed by atoms with Crippen molar-refractivity contribution in [2.75, 3.05) is 13.6 Å². The van der Waals surface area contributed by atoms with E-state index in [1.54, 1.807) is 41.0 Å². The van der Waals surface area contributed by atoms with Crippen LogP contribution in [0.1, 0.15) is 28.6 Å². The summed E-state index contributed by atoms with van der Waals surface area (Å²) in [5.41, 5.74) is 1.83. The van der Waals surface area contributed by atoms with Crippen LogP contribution in [0.15, 0.2) is 54.9 Å². The van der Waals surface area contributed by atoms with Crippen molar-refractivity contribution in [3.8, 4) is 0 Å². The Labute approximate surface area is 134 Å². The summed E-state index contributed by atoms with van der Waals surface area (Å²) in [5.74, 6) is -0.184. The predicted octanol–water partition coefficient (Wildman–Crippen LogP) is 1.92. The molecule has 0 spiro atoms. The predicted molar refractivity (Wildman–Crippen MR) is 86.0 cm³/mol. The zero-order valence-electron chi connectivity index (χ0n) is 12.8. The number of carbonyl (C=O) groups excluding carboxylic acids is 1. The van der Waals surface area contributed by atoms with Crippen LogP contribution in [0.5, 0.6) is 0 Å². The van der Waals surface area contributed by atoms with Gasteiger partial charge in [0, 0.05) is 32.1 Å². The van der Waals surface area contributed by atoms with Crippen molar-refractivity contribution < 1.29 is 9.90 Å². The summed E-state index contributed by atoms with van der Waals surface area (Å²) in [7, 11) is 1.71. The van der Waals surface area contributed by atoms with Crippen molar-refractivity contribution in [1.82, 2.24) is 19.5 Å². The van der Waals surface area contributed by atoms with Gasteiger partial charge < -0.3 is 10.0 Å². The van der Waals surface area contributed by atoms with Gasteiger partial charge in [-0.2, -0.15) is 5.10 Å². The molecule has 0 aliphatic heterocycles. The fraction of sp³-hybridized carbons (Fsp3) is 0.235. The summed E-state index contributed by atoms with van der Waals surface area (Å²) in [4.78, 5) is 18.1. The molecule has 2 heterocycles. The third kappa shape index (κ3) is 3.37. The number of hydrogen-bond donors (Lipinski definition) is 1. The lowest BCUT2D eigenvalue weighted by Gasteiger charge is -2.18. The van der Waals surface area contributed by atoms with Crippen molar-refractivity contribution in [3.63, 3.8) is 0 Å². The number of carbonyl (C=O) groups is 1. The Balaban J connectivity index is 1.63. The van der Waals surface area contributed by atoms with E-state index in [0.717, 1.165) is 5.56 Å². The Morgan fingerprint density at radius 1 is 1.30 bits per heavy atom. The van der Waals surface area contributed by atoms with E-state index in [2.05, 4.69) is 10.1 Å². The van der Waals surface area contributed by atoms with Crippen LogP contribution in [0.25, 0.3) is 5.65 Å². The quantitative estimate of drug-likeness (QED) is 0.781. The summed E-state index contributed by atoms with van der Waals surface area (Å²) in [6.45, 7) is 0.441. The number of amides is 1. The minimum absolute atomic E-state index is 0.184. The number of aromatic nitrogens is 3. The molecular formula is C17H18N4O2. The number of nitrogens with zero attached hydrogens (tertiary/aromatic N) is 4. The van der Waals surface area contributed by atoms with Crippen molar-refractivity contribution >= 4 is 11.6 Å². The van der Waals surface area contributed by atoms with E-state index < -0.39 is 6.10 Å². The number of benzene rings is 1. The number of aliphatic hydroxyl groups excluding tert-OH is 1. The van der Waals surface area contributed by atoms with Gasteiger partial charge in [-0.05, 0) is 18.1 Å².